The van der Waals surface area contributed by atoms with E-state index in [0.717, 1.165) is 15.4 Å². The minimum Gasteiger partial charge on any atom is -0.452 e. The van der Waals surface area contributed by atoms with Crippen molar-refractivity contribution >= 4 is 41.1 Å². The SMILES string of the molecule is CSc1cccc(NC(=O)COC(=O)c2ccc3c(c2)C(=O)N(Cc2ccccc2)C3=O)c1. The van der Waals surface area contributed by atoms with Crippen LogP contribution >= 0.6 is 11.8 Å². The van der Waals surface area contributed by atoms with Gasteiger partial charge >= 0.3 is 5.97 Å². The molecule has 4 rings (SSSR count). The highest BCUT2D eigenvalue weighted by Gasteiger charge is 2.36. The second kappa shape index (κ2) is 9.70. The third kappa shape index (κ3) is 4.96. The van der Waals surface area contributed by atoms with Crippen LogP contribution in [0.5, 0.6) is 0 Å². The first-order valence-corrected chi connectivity index (χ1v) is 11.3. The molecule has 1 aliphatic heterocycles. The molecule has 0 saturated heterocycles. The number of rotatable bonds is 7. The number of nitrogens with zero attached hydrogens (tertiary/aromatic N) is 1. The molecule has 3 amide bonds. The third-order valence-electron chi connectivity index (χ3n) is 5.08. The van der Waals surface area contributed by atoms with E-state index < -0.39 is 30.3 Å². The number of amides is 3. The number of ether oxygens (including phenoxy) is 1. The zero-order chi connectivity index (χ0) is 23.4. The largest absolute Gasteiger partial charge is 0.452 e. The highest BCUT2D eigenvalue weighted by atomic mass is 32.2. The molecule has 3 aromatic rings. The molecule has 0 unspecified atom stereocenters. The number of esters is 1. The lowest BCUT2D eigenvalue weighted by molar-refractivity contribution is -0.119. The summed E-state index contributed by atoms with van der Waals surface area (Å²) in [6.45, 7) is -0.336. The topological polar surface area (TPSA) is 92.8 Å². The van der Waals surface area contributed by atoms with E-state index in [2.05, 4.69) is 5.32 Å². The van der Waals surface area contributed by atoms with Crippen molar-refractivity contribution in [1.82, 2.24) is 4.90 Å². The Hall–Kier alpha value is -3.91. The molecule has 1 aliphatic rings. The van der Waals surface area contributed by atoms with Crippen LogP contribution in [0.2, 0.25) is 0 Å². The molecule has 0 radical (unpaired) electrons. The van der Waals surface area contributed by atoms with Gasteiger partial charge in [-0.1, -0.05) is 36.4 Å². The number of fused-ring (bicyclic) bond motifs is 1. The fourth-order valence-corrected chi connectivity index (χ4v) is 3.90. The van der Waals surface area contributed by atoms with Gasteiger partial charge in [0.25, 0.3) is 17.7 Å². The lowest BCUT2D eigenvalue weighted by atomic mass is 10.1. The van der Waals surface area contributed by atoms with Crippen LogP contribution in [0.3, 0.4) is 0 Å². The Balaban J connectivity index is 1.40. The van der Waals surface area contributed by atoms with Crippen LogP contribution in [0.15, 0.2) is 77.7 Å². The first-order chi connectivity index (χ1) is 16.0. The van der Waals surface area contributed by atoms with Crippen molar-refractivity contribution in [3.05, 3.63) is 95.1 Å². The first-order valence-electron chi connectivity index (χ1n) is 10.1. The molecule has 0 bridgehead atoms. The molecule has 1 N–H and O–H groups in total. The quantitative estimate of drug-likeness (QED) is 0.326. The summed E-state index contributed by atoms with van der Waals surface area (Å²) in [5, 5.41) is 2.67. The summed E-state index contributed by atoms with van der Waals surface area (Å²) in [5.41, 5.74) is 1.89. The van der Waals surface area contributed by atoms with E-state index in [1.807, 2.05) is 54.8 Å². The summed E-state index contributed by atoms with van der Waals surface area (Å²) in [6.07, 6.45) is 1.93. The van der Waals surface area contributed by atoms with E-state index >= 15 is 0 Å². The Morgan fingerprint density at radius 3 is 2.42 bits per heavy atom. The number of imide groups is 1. The van der Waals surface area contributed by atoms with E-state index in [9.17, 15) is 19.2 Å². The van der Waals surface area contributed by atoms with Crippen LogP contribution in [0.4, 0.5) is 5.69 Å². The van der Waals surface area contributed by atoms with Gasteiger partial charge in [-0.15, -0.1) is 11.8 Å². The summed E-state index contributed by atoms with van der Waals surface area (Å²) < 4.78 is 5.10. The Labute approximate surface area is 194 Å². The number of carbonyl (C=O) groups is 4. The third-order valence-corrected chi connectivity index (χ3v) is 5.80. The predicted octanol–water partition coefficient (Wildman–Crippen LogP) is 4.00. The van der Waals surface area contributed by atoms with Gasteiger partial charge in [0.2, 0.25) is 0 Å². The zero-order valence-electron chi connectivity index (χ0n) is 17.7. The summed E-state index contributed by atoms with van der Waals surface area (Å²) in [5.74, 6) is -2.12. The van der Waals surface area contributed by atoms with Gasteiger partial charge in [0.05, 0.1) is 23.2 Å². The summed E-state index contributed by atoms with van der Waals surface area (Å²) in [7, 11) is 0. The molecule has 0 aliphatic carbocycles. The smallest absolute Gasteiger partial charge is 0.338 e. The van der Waals surface area contributed by atoms with E-state index in [1.54, 1.807) is 17.8 Å². The van der Waals surface area contributed by atoms with Crippen molar-refractivity contribution in [2.45, 2.75) is 11.4 Å². The molecule has 7 nitrogen and oxygen atoms in total. The van der Waals surface area contributed by atoms with Crippen molar-refractivity contribution in [1.29, 1.82) is 0 Å². The van der Waals surface area contributed by atoms with Crippen LogP contribution in [-0.4, -0.2) is 41.5 Å². The lowest BCUT2D eigenvalue weighted by Crippen LogP contribution is -2.29. The minimum absolute atomic E-state index is 0.0913. The standard InChI is InChI=1S/C25H20N2O5S/c1-33-19-9-5-8-18(13-19)26-22(28)15-32-25(31)17-10-11-20-21(12-17)24(30)27(23(20)29)14-16-6-3-2-4-7-16/h2-13H,14-15H2,1H3,(H,26,28). The van der Waals surface area contributed by atoms with Gasteiger partial charge in [0, 0.05) is 10.6 Å². The number of nitrogens with one attached hydrogen (secondary N) is 1. The lowest BCUT2D eigenvalue weighted by Gasteiger charge is -2.13. The average molecular weight is 461 g/mol. The molecule has 8 heteroatoms. The number of benzene rings is 3. The summed E-state index contributed by atoms with van der Waals surface area (Å²) in [4.78, 5) is 52.2. The molecule has 166 valence electrons. The van der Waals surface area contributed by atoms with E-state index in [0.29, 0.717) is 5.69 Å². The Morgan fingerprint density at radius 1 is 0.909 bits per heavy atom. The maximum absolute atomic E-state index is 12.8. The Morgan fingerprint density at radius 2 is 1.67 bits per heavy atom. The molecule has 0 aromatic heterocycles. The molecular weight excluding hydrogens is 440 g/mol. The van der Waals surface area contributed by atoms with Gasteiger partial charge in [-0.25, -0.2) is 4.79 Å². The first kappa shape index (κ1) is 22.3. The van der Waals surface area contributed by atoms with Gasteiger partial charge in [0.1, 0.15) is 0 Å². The van der Waals surface area contributed by atoms with Crippen molar-refractivity contribution in [3.63, 3.8) is 0 Å². The van der Waals surface area contributed by atoms with E-state index in [1.165, 1.54) is 18.2 Å². The fourth-order valence-electron chi connectivity index (χ4n) is 3.44. The van der Waals surface area contributed by atoms with Crippen molar-refractivity contribution in [2.24, 2.45) is 0 Å². The molecule has 0 spiro atoms. The van der Waals surface area contributed by atoms with Gasteiger partial charge < -0.3 is 10.1 Å². The summed E-state index contributed by atoms with van der Waals surface area (Å²) >= 11 is 1.54. The minimum atomic E-state index is -0.757. The number of thioether (sulfide) groups is 1. The summed E-state index contributed by atoms with van der Waals surface area (Å²) in [6, 6.07) is 20.6. The molecule has 1 heterocycles. The molecular formula is C25H20N2O5S. The van der Waals surface area contributed by atoms with Crippen molar-refractivity contribution in [2.75, 3.05) is 18.2 Å². The molecule has 0 fully saturated rings. The van der Waals surface area contributed by atoms with Crippen LogP contribution in [0.25, 0.3) is 0 Å². The maximum atomic E-state index is 12.8. The molecule has 33 heavy (non-hydrogen) atoms. The van der Waals surface area contributed by atoms with Crippen molar-refractivity contribution in [3.8, 4) is 0 Å². The highest BCUT2D eigenvalue weighted by molar-refractivity contribution is 7.98. The normalized spacial score (nSPS) is 12.5. The number of anilines is 1. The van der Waals surface area contributed by atoms with Crippen LogP contribution in [0.1, 0.15) is 36.6 Å². The van der Waals surface area contributed by atoms with Crippen LogP contribution in [0, 0.1) is 0 Å². The van der Waals surface area contributed by atoms with Gasteiger partial charge in [-0.2, -0.15) is 0 Å². The molecule has 3 aromatic carbocycles. The molecule has 0 saturated carbocycles. The van der Waals surface area contributed by atoms with Crippen LogP contribution in [-0.2, 0) is 16.1 Å². The van der Waals surface area contributed by atoms with Gasteiger partial charge in [-0.05, 0) is 48.2 Å². The monoisotopic (exact) mass is 460 g/mol. The molecule has 0 atom stereocenters. The highest BCUT2D eigenvalue weighted by Crippen LogP contribution is 2.26. The van der Waals surface area contributed by atoms with E-state index in [-0.39, 0.29) is 23.2 Å². The average Bonchev–Trinajstić information content (AvgIpc) is 3.07. The Kier molecular flexibility index (Phi) is 6.55. The number of hydrogen-bond acceptors (Lipinski definition) is 6. The maximum Gasteiger partial charge on any atom is 0.338 e. The zero-order valence-corrected chi connectivity index (χ0v) is 18.6. The Bertz CT molecular complexity index is 1240. The second-order valence-electron chi connectivity index (χ2n) is 7.30. The number of carbonyl (C=O) groups excluding carboxylic acids is 4. The van der Waals surface area contributed by atoms with Gasteiger partial charge in [-0.3, -0.25) is 19.3 Å². The predicted molar refractivity (Wildman–Crippen MR) is 124 cm³/mol. The second-order valence-corrected chi connectivity index (χ2v) is 8.18. The fraction of sp³-hybridized carbons (Fsp3) is 0.120. The van der Waals surface area contributed by atoms with E-state index in [4.69, 9.17) is 4.74 Å². The van der Waals surface area contributed by atoms with Crippen molar-refractivity contribution < 1.29 is 23.9 Å². The number of hydrogen-bond donors (Lipinski definition) is 1. The van der Waals surface area contributed by atoms with Crippen LogP contribution < -0.4 is 5.32 Å². The van der Waals surface area contributed by atoms with Gasteiger partial charge in [0.15, 0.2) is 6.61 Å².